The molecule has 6 heteroatoms. The number of hydrogen-bond donors (Lipinski definition) is 0. The number of carbonyl (C=O) groups is 1. The van der Waals surface area contributed by atoms with Gasteiger partial charge in [-0.1, -0.05) is 0 Å². The lowest BCUT2D eigenvalue weighted by Crippen LogP contribution is -2.31. The number of Topliss-reactive ketones (excluding diaryl/α,β-unsaturated/α-hetero) is 1. The van der Waals surface area contributed by atoms with Crippen molar-refractivity contribution in [3.63, 3.8) is 0 Å². The Labute approximate surface area is 129 Å². The summed E-state index contributed by atoms with van der Waals surface area (Å²) in [5.74, 6) is -0.00437. The molecule has 0 bridgehead atoms. The van der Waals surface area contributed by atoms with Crippen molar-refractivity contribution in [1.82, 2.24) is 0 Å². The Kier molecular flexibility index (Phi) is 4.80. The topological polar surface area (TPSA) is 54.5 Å². The second kappa shape index (κ2) is 6.41. The lowest BCUT2D eigenvalue weighted by atomic mass is 10.1. The molecule has 0 saturated heterocycles. The molecule has 2 aromatic rings. The summed E-state index contributed by atoms with van der Waals surface area (Å²) in [7, 11) is -3.37. The van der Waals surface area contributed by atoms with Gasteiger partial charge in [0, 0.05) is 5.56 Å². The number of anilines is 1. The number of ketones is 1. The highest BCUT2D eigenvalue weighted by Gasteiger charge is 2.21. The number of thiophene rings is 1. The Morgan fingerprint density at radius 1 is 1.19 bits per heavy atom. The molecule has 0 N–H and O–H groups in total. The fourth-order valence-corrected chi connectivity index (χ4v) is 3.68. The second-order valence-corrected chi connectivity index (χ2v) is 7.60. The van der Waals surface area contributed by atoms with E-state index in [-0.39, 0.29) is 11.5 Å². The van der Waals surface area contributed by atoms with Gasteiger partial charge in [-0.05, 0) is 60.5 Å². The van der Waals surface area contributed by atoms with Gasteiger partial charge in [0.1, 0.15) is 0 Å². The van der Waals surface area contributed by atoms with Crippen molar-refractivity contribution in [2.24, 2.45) is 0 Å². The van der Waals surface area contributed by atoms with Gasteiger partial charge >= 0.3 is 0 Å². The van der Waals surface area contributed by atoms with E-state index in [1.807, 2.05) is 16.8 Å². The molecule has 1 aromatic carbocycles. The SMILES string of the molecule is CCS(=O)(=O)N(Cc1ccsc1)c1ccc(C(C)=O)cc1. The fourth-order valence-electron chi connectivity index (χ4n) is 1.92. The first kappa shape index (κ1) is 15.7. The molecule has 1 heterocycles. The molecule has 2 rings (SSSR count). The largest absolute Gasteiger partial charge is 0.295 e. The maximum atomic E-state index is 12.3. The van der Waals surface area contributed by atoms with Crippen LogP contribution in [0.15, 0.2) is 41.1 Å². The Balaban J connectivity index is 2.37. The highest BCUT2D eigenvalue weighted by molar-refractivity contribution is 7.92. The molecule has 0 radical (unpaired) electrons. The second-order valence-electron chi connectivity index (χ2n) is 4.64. The Morgan fingerprint density at radius 3 is 2.33 bits per heavy atom. The molecule has 4 nitrogen and oxygen atoms in total. The van der Waals surface area contributed by atoms with Crippen LogP contribution >= 0.6 is 11.3 Å². The quantitative estimate of drug-likeness (QED) is 0.766. The molecule has 0 atom stereocenters. The summed E-state index contributed by atoms with van der Waals surface area (Å²) in [6.07, 6.45) is 0. The van der Waals surface area contributed by atoms with Crippen molar-refractivity contribution >= 4 is 32.8 Å². The zero-order valence-corrected chi connectivity index (χ0v) is 13.6. The average molecular weight is 323 g/mol. The van der Waals surface area contributed by atoms with E-state index in [4.69, 9.17) is 0 Å². The zero-order chi connectivity index (χ0) is 15.5. The molecule has 0 fully saturated rings. The minimum atomic E-state index is -3.37. The summed E-state index contributed by atoms with van der Waals surface area (Å²) in [5, 5.41) is 3.85. The molecule has 1 aromatic heterocycles. The smallest absolute Gasteiger partial charge is 0.235 e. The third kappa shape index (κ3) is 3.71. The summed E-state index contributed by atoms with van der Waals surface area (Å²) in [6.45, 7) is 3.42. The molecule has 0 aliphatic rings. The van der Waals surface area contributed by atoms with E-state index in [1.54, 1.807) is 31.2 Å². The lowest BCUT2D eigenvalue weighted by molar-refractivity contribution is 0.101. The molecular weight excluding hydrogens is 306 g/mol. The van der Waals surface area contributed by atoms with E-state index in [1.165, 1.54) is 22.6 Å². The summed E-state index contributed by atoms with van der Waals surface area (Å²) in [5.41, 5.74) is 2.10. The first-order valence-corrected chi connectivity index (χ1v) is 9.11. The number of benzene rings is 1. The number of rotatable bonds is 6. The van der Waals surface area contributed by atoms with E-state index in [0.717, 1.165) is 5.56 Å². The Morgan fingerprint density at radius 2 is 1.86 bits per heavy atom. The van der Waals surface area contributed by atoms with Crippen LogP contribution < -0.4 is 4.31 Å². The third-order valence-electron chi connectivity index (χ3n) is 3.17. The van der Waals surface area contributed by atoms with Crippen LogP contribution in [0.4, 0.5) is 5.69 Å². The molecule has 0 aliphatic carbocycles. The number of carbonyl (C=O) groups excluding carboxylic acids is 1. The van der Waals surface area contributed by atoms with Gasteiger partial charge in [0.05, 0.1) is 18.0 Å². The highest BCUT2D eigenvalue weighted by atomic mass is 32.2. The predicted molar refractivity (Wildman–Crippen MR) is 86.4 cm³/mol. The van der Waals surface area contributed by atoms with Gasteiger partial charge < -0.3 is 0 Å². The van der Waals surface area contributed by atoms with Gasteiger partial charge in [-0.2, -0.15) is 11.3 Å². The van der Waals surface area contributed by atoms with Crippen molar-refractivity contribution < 1.29 is 13.2 Å². The highest BCUT2D eigenvalue weighted by Crippen LogP contribution is 2.23. The van der Waals surface area contributed by atoms with Gasteiger partial charge in [0.25, 0.3) is 0 Å². The monoisotopic (exact) mass is 323 g/mol. The van der Waals surface area contributed by atoms with Gasteiger partial charge in [0.2, 0.25) is 10.0 Å². The predicted octanol–water partition coefficient (Wildman–Crippen LogP) is 3.31. The van der Waals surface area contributed by atoms with Crippen LogP contribution in [0.2, 0.25) is 0 Å². The zero-order valence-electron chi connectivity index (χ0n) is 11.9. The molecule has 21 heavy (non-hydrogen) atoms. The van der Waals surface area contributed by atoms with Crippen LogP contribution in [0.3, 0.4) is 0 Å². The summed E-state index contributed by atoms with van der Waals surface area (Å²) in [4.78, 5) is 11.3. The number of hydrogen-bond acceptors (Lipinski definition) is 4. The molecule has 0 spiro atoms. The molecule has 0 saturated carbocycles. The van der Waals surface area contributed by atoms with Crippen molar-refractivity contribution in [2.45, 2.75) is 20.4 Å². The minimum absolute atomic E-state index is 0.0333. The average Bonchev–Trinajstić information content (AvgIpc) is 2.98. The van der Waals surface area contributed by atoms with Gasteiger partial charge in [-0.15, -0.1) is 0 Å². The molecule has 112 valence electrons. The van der Waals surface area contributed by atoms with E-state index >= 15 is 0 Å². The third-order valence-corrected chi connectivity index (χ3v) is 5.64. The van der Waals surface area contributed by atoms with Crippen LogP contribution in [0, 0.1) is 0 Å². The van der Waals surface area contributed by atoms with Crippen LogP contribution in [0.1, 0.15) is 29.8 Å². The molecule has 0 amide bonds. The first-order chi connectivity index (χ1) is 9.94. The van der Waals surface area contributed by atoms with Crippen LogP contribution in [-0.2, 0) is 16.6 Å². The van der Waals surface area contributed by atoms with Crippen LogP contribution in [0.25, 0.3) is 0 Å². The first-order valence-electron chi connectivity index (χ1n) is 6.56. The van der Waals surface area contributed by atoms with Crippen molar-refractivity contribution in [2.75, 3.05) is 10.1 Å². The van der Waals surface area contributed by atoms with Gasteiger partial charge in [-0.3, -0.25) is 9.10 Å². The van der Waals surface area contributed by atoms with E-state index in [2.05, 4.69) is 0 Å². The van der Waals surface area contributed by atoms with Crippen LogP contribution in [-0.4, -0.2) is 20.0 Å². The summed E-state index contributed by atoms with van der Waals surface area (Å²) >= 11 is 1.54. The minimum Gasteiger partial charge on any atom is -0.295 e. The standard InChI is InChI=1S/C15H17NO3S2/c1-3-21(18,19)16(10-13-8-9-20-11-13)15-6-4-14(5-7-15)12(2)17/h4-9,11H,3,10H2,1-2H3. The maximum absolute atomic E-state index is 12.3. The summed E-state index contributed by atoms with van der Waals surface area (Å²) < 4.78 is 26.0. The Hall–Kier alpha value is -1.66. The van der Waals surface area contributed by atoms with Gasteiger partial charge in [0.15, 0.2) is 5.78 Å². The number of nitrogens with zero attached hydrogens (tertiary/aromatic N) is 1. The maximum Gasteiger partial charge on any atom is 0.235 e. The number of sulfonamides is 1. The van der Waals surface area contributed by atoms with Crippen molar-refractivity contribution in [3.05, 3.63) is 52.2 Å². The molecule has 0 unspecified atom stereocenters. The summed E-state index contributed by atoms with van der Waals surface area (Å²) in [6, 6.07) is 8.58. The normalized spacial score (nSPS) is 11.3. The van der Waals surface area contributed by atoms with E-state index in [9.17, 15) is 13.2 Å². The van der Waals surface area contributed by atoms with Gasteiger partial charge in [-0.25, -0.2) is 8.42 Å². The fraction of sp³-hybridized carbons (Fsp3) is 0.267. The van der Waals surface area contributed by atoms with Crippen molar-refractivity contribution in [1.29, 1.82) is 0 Å². The molecule has 0 aliphatic heterocycles. The Bertz CT molecular complexity index is 704. The van der Waals surface area contributed by atoms with Crippen molar-refractivity contribution in [3.8, 4) is 0 Å². The van der Waals surface area contributed by atoms with Crippen LogP contribution in [0.5, 0.6) is 0 Å². The van der Waals surface area contributed by atoms with E-state index < -0.39 is 10.0 Å². The van der Waals surface area contributed by atoms with E-state index in [0.29, 0.717) is 17.8 Å². The molecular formula is C15H17NO3S2. The lowest BCUT2D eigenvalue weighted by Gasteiger charge is -2.23.